The van der Waals surface area contributed by atoms with Gasteiger partial charge in [-0.2, -0.15) is 0 Å². The summed E-state index contributed by atoms with van der Waals surface area (Å²) >= 11 is 1.30. The molecule has 1 atom stereocenters. The van der Waals surface area contributed by atoms with Crippen molar-refractivity contribution in [1.29, 1.82) is 0 Å². The van der Waals surface area contributed by atoms with Crippen LogP contribution in [0.1, 0.15) is 39.1 Å². The van der Waals surface area contributed by atoms with Crippen molar-refractivity contribution in [3.63, 3.8) is 0 Å². The molecule has 2 N–H and O–H groups in total. The van der Waals surface area contributed by atoms with E-state index < -0.39 is 5.25 Å². The predicted molar refractivity (Wildman–Crippen MR) is 75.0 cm³/mol. The highest BCUT2D eigenvalue weighted by Gasteiger charge is 2.39. The Bertz CT molecular complexity index is 528. The summed E-state index contributed by atoms with van der Waals surface area (Å²) in [4.78, 5) is 25.1. The van der Waals surface area contributed by atoms with Gasteiger partial charge in [0.15, 0.2) is 5.16 Å². The minimum absolute atomic E-state index is 0.121. The van der Waals surface area contributed by atoms with Crippen LogP contribution < -0.4 is 5.73 Å². The number of thioether (sulfide) groups is 1. The number of hydrogen-bond acceptors (Lipinski definition) is 6. The van der Waals surface area contributed by atoms with Gasteiger partial charge in [0, 0.05) is 19.0 Å². The quantitative estimate of drug-likeness (QED) is 0.798. The maximum absolute atomic E-state index is 12.1. The smallest absolute Gasteiger partial charge is 0.243 e. The van der Waals surface area contributed by atoms with Crippen molar-refractivity contribution in [2.75, 3.05) is 6.54 Å². The lowest BCUT2D eigenvalue weighted by molar-refractivity contribution is -0.137. The maximum atomic E-state index is 12.1. The van der Waals surface area contributed by atoms with Crippen molar-refractivity contribution < 1.29 is 9.59 Å². The van der Waals surface area contributed by atoms with Crippen molar-refractivity contribution in [1.82, 2.24) is 19.7 Å². The van der Waals surface area contributed by atoms with Crippen LogP contribution in [0.25, 0.3) is 0 Å². The van der Waals surface area contributed by atoms with Crippen LogP contribution in [0.2, 0.25) is 0 Å². The average Bonchev–Trinajstić information content (AvgIpc) is 2.92. The second-order valence-electron chi connectivity index (χ2n) is 4.85. The molecule has 8 heteroatoms. The molecule has 2 heterocycles. The van der Waals surface area contributed by atoms with E-state index in [4.69, 9.17) is 5.73 Å². The molecule has 110 valence electrons. The van der Waals surface area contributed by atoms with E-state index in [1.165, 1.54) is 16.7 Å². The van der Waals surface area contributed by atoms with Gasteiger partial charge in [0.2, 0.25) is 11.8 Å². The Hall–Kier alpha value is -1.41. The summed E-state index contributed by atoms with van der Waals surface area (Å²) in [6.07, 6.45) is 0.222. The predicted octanol–water partition coefficient (Wildman–Crippen LogP) is 0.557. The van der Waals surface area contributed by atoms with Crippen LogP contribution in [0.5, 0.6) is 0 Å². The normalized spacial score (nSPS) is 19.4. The molecular formula is C12H19N5O2S. The highest BCUT2D eigenvalue weighted by atomic mass is 32.2. The van der Waals surface area contributed by atoms with E-state index >= 15 is 0 Å². The molecule has 0 spiro atoms. The van der Waals surface area contributed by atoms with E-state index in [0.717, 1.165) is 0 Å². The Labute approximate surface area is 121 Å². The number of amides is 2. The molecule has 20 heavy (non-hydrogen) atoms. The molecular weight excluding hydrogens is 278 g/mol. The van der Waals surface area contributed by atoms with Crippen LogP contribution >= 0.6 is 11.8 Å². The van der Waals surface area contributed by atoms with E-state index in [1.807, 2.05) is 18.4 Å². The first-order valence-corrected chi connectivity index (χ1v) is 7.52. The van der Waals surface area contributed by atoms with Crippen molar-refractivity contribution in [2.24, 2.45) is 5.73 Å². The standard InChI is InChI=1S/C12H19N5O2S/c1-4-16-10(18)5-8(11(16)19)20-12-15-14-9(6-13)17(12)7(2)3/h7-8H,4-6,13H2,1-3H3. The third-order valence-electron chi connectivity index (χ3n) is 3.20. The van der Waals surface area contributed by atoms with Gasteiger partial charge < -0.3 is 10.3 Å². The van der Waals surface area contributed by atoms with Gasteiger partial charge in [0.1, 0.15) is 11.1 Å². The SMILES string of the molecule is CCN1C(=O)CC(Sc2nnc(CN)n2C(C)C)C1=O. The first-order valence-electron chi connectivity index (χ1n) is 6.64. The highest BCUT2D eigenvalue weighted by molar-refractivity contribution is 8.00. The van der Waals surface area contributed by atoms with E-state index in [-0.39, 0.29) is 24.3 Å². The Balaban J connectivity index is 2.21. The summed E-state index contributed by atoms with van der Waals surface area (Å²) in [5.41, 5.74) is 5.64. The Morgan fingerprint density at radius 3 is 2.60 bits per heavy atom. The van der Waals surface area contributed by atoms with Gasteiger partial charge in [0.25, 0.3) is 0 Å². The minimum Gasteiger partial charge on any atom is -0.324 e. The van der Waals surface area contributed by atoms with Gasteiger partial charge >= 0.3 is 0 Å². The summed E-state index contributed by atoms with van der Waals surface area (Å²) in [5.74, 6) is 0.423. The number of carbonyl (C=O) groups excluding carboxylic acids is 2. The van der Waals surface area contributed by atoms with Crippen LogP contribution in [0.3, 0.4) is 0 Å². The monoisotopic (exact) mass is 297 g/mol. The average molecular weight is 297 g/mol. The zero-order chi connectivity index (χ0) is 14.9. The zero-order valence-electron chi connectivity index (χ0n) is 11.9. The fourth-order valence-corrected chi connectivity index (χ4v) is 3.48. The molecule has 0 aliphatic carbocycles. The molecule has 1 aromatic rings. The molecule has 2 amide bonds. The molecule has 1 fully saturated rings. The second-order valence-corrected chi connectivity index (χ2v) is 6.02. The molecule has 0 saturated carbocycles. The van der Waals surface area contributed by atoms with Gasteiger partial charge in [-0.05, 0) is 20.8 Å². The van der Waals surface area contributed by atoms with Gasteiger partial charge in [-0.25, -0.2) is 0 Å². The van der Waals surface area contributed by atoms with E-state index in [0.29, 0.717) is 24.1 Å². The number of nitrogens with zero attached hydrogens (tertiary/aromatic N) is 4. The maximum Gasteiger partial charge on any atom is 0.243 e. The fraction of sp³-hybridized carbons (Fsp3) is 0.667. The number of imide groups is 1. The van der Waals surface area contributed by atoms with Gasteiger partial charge in [-0.3, -0.25) is 14.5 Å². The van der Waals surface area contributed by atoms with Gasteiger partial charge in [0.05, 0.1) is 6.54 Å². The fourth-order valence-electron chi connectivity index (χ4n) is 2.25. The molecule has 1 unspecified atom stereocenters. The molecule has 7 nitrogen and oxygen atoms in total. The van der Waals surface area contributed by atoms with Crippen molar-refractivity contribution >= 4 is 23.6 Å². The largest absolute Gasteiger partial charge is 0.324 e. The molecule has 1 aromatic heterocycles. The Morgan fingerprint density at radius 2 is 2.10 bits per heavy atom. The first-order chi connectivity index (χ1) is 9.49. The Morgan fingerprint density at radius 1 is 1.40 bits per heavy atom. The number of carbonyl (C=O) groups is 2. The van der Waals surface area contributed by atoms with Crippen LogP contribution in [-0.4, -0.2) is 43.3 Å². The molecule has 1 saturated heterocycles. The van der Waals surface area contributed by atoms with Crippen LogP contribution in [0.15, 0.2) is 5.16 Å². The minimum atomic E-state index is -0.408. The molecule has 0 bridgehead atoms. The van der Waals surface area contributed by atoms with Crippen LogP contribution in [-0.2, 0) is 16.1 Å². The lowest BCUT2D eigenvalue weighted by Crippen LogP contribution is -2.30. The van der Waals surface area contributed by atoms with Crippen molar-refractivity contribution in [3.05, 3.63) is 5.82 Å². The summed E-state index contributed by atoms with van der Waals surface area (Å²) in [7, 11) is 0. The lowest BCUT2D eigenvalue weighted by Gasteiger charge is -2.15. The third-order valence-corrected chi connectivity index (χ3v) is 4.34. The molecule has 1 aliphatic rings. The van der Waals surface area contributed by atoms with Crippen LogP contribution in [0.4, 0.5) is 0 Å². The molecule has 2 rings (SSSR count). The second kappa shape index (κ2) is 5.92. The molecule has 0 aromatic carbocycles. The van der Waals surface area contributed by atoms with Crippen molar-refractivity contribution in [3.8, 4) is 0 Å². The van der Waals surface area contributed by atoms with Crippen LogP contribution in [0, 0.1) is 0 Å². The number of aromatic nitrogens is 3. The number of rotatable bonds is 5. The third kappa shape index (κ3) is 2.57. The summed E-state index contributed by atoms with van der Waals surface area (Å²) in [6, 6.07) is 0.153. The zero-order valence-corrected chi connectivity index (χ0v) is 12.7. The Kier molecular flexibility index (Phi) is 4.44. The highest BCUT2D eigenvalue weighted by Crippen LogP contribution is 2.31. The number of nitrogens with two attached hydrogens (primary N) is 1. The summed E-state index contributed by atoms with van der Waals surface area (Å²) in [6.45, 7) is 6.52. The van der Waals surface area contributed by atoms with Gasteiger partial charge in [-0.15, -0.1) is 10.2 Å². The number of likely N-dealkylation sites (tertiary alicyclic amines) is 1. The lowest BCUT2D eigenvalue weighted by atomic mass is 10.4. The van der Waals surface area contributed by atoms with Crippen molar-refractivity contribution in [2.45, 2.75) is 50.2 Å². The van der Waals surface area contributed by atoms with E-state index in [1.54, 1.807) is 6.92 Å². The molecule has 0 radical (unpaired) electrons. The molecule has 1 aliphatic heterocycles. The van der Waals surface area contributed by atoms with E-state index in [2.05, 4.69) is 10.2 Å². The van der Waals surface area contributed by atoms with Gasteiger partial charge in [-0.1, -0.05) is 11.8 Å². The summed E-state index contributed by atoms with van der Waals surface area (Å²) < 4.78 is 1.91. The summed E-state index contributed by atoms with van der Waals surface area (Å²) in [5, 5.41) is 8.37. The first kappa shape index (κ1) is 15.0. The topological polar surface area (TPSA) is 94.1 Å². The number of hydrogen-bond donors (Lipinski definition) is 1. The van der Waals surface area contributed by atoms with E-state index in [9.17, 15) is 9.59 Å².